The number of nitriles is 2. The van der Waals surface area contributed by atoms with E-state index < -0.39 is 0 Å². The lowest BCUT2D eigenvalue weighted by atomic mass is 9.94. The first-order valence-corrected chi connectivity index (χ1v) is 9.78. The number of para-hydroxylation sites is 2. The molecule has 0 N–H and O–H groups in total. The van der Waals surface area contributed by atoms with E-state index in [9.17, 15) is 10.5 Å². The summed E-state index contributed by atoms with van der Waals surface area (Å²) in [6, 6.07) is 34.8. The molecule has 5 rings (SSSR count). The van der Waals surface area contributed by atoms with E-state index >= 15 is 0 Å². The highest BCUT2D eigenvalue weighted by Gasteiger charge is 2.23. The van der Waals surface area contributed by atoms with E-state index in [1.165, 1.54) is 22.5 Å². The molecule has 3 heteroatoms. The van der Waals surface area contributed by atoms with Gasteiger partial charge in [-0.05, 0) is 64.7 Å². The van der Waals surface area contributed by atoms with Gasteiger partial charge in [0.15, 0.2) is 0 Å². The van der Waals surface area contributed by atoms with Crippen molar-refractivity contribution in [3.05, 3.63) is 113 Å². The number of hydrogen-bond donors (Lipinski definition) is 0. The van der Waals surface area contributed by atoms with Gasteiger partial charge in [-0.2, -0.15) is 10.5 Å². The van der Waals surface area contributed by atoms with Gasteiger partial charge in [0, 0.05) is 23.5 Å². The molecule has 1 aliphatic rings. The van der Waals surface area contributed by atoms with Crippen LogP contribution in [0.5, 0.6) is 0 Å². The highest BCUT2D eigenvalue weighted by atomic mass is 15.2. The van der Waals surface area contributed by atoms with E-state index in [-0.39, 0.29) is 0 Å². The number of anilines is 3. The summed E-state index contributed by atoms with van der Waals surface area (Å²) in [5.41, 5.74) is 8.81. The molecular weight excluding hydrogens is 366 g/mol. The number of hydrogen-bond acceptors (Lipinski definition) is 3. The number of rotatable bonds is 2. The Bertz CT molecular complexity index is 1280. The molecule has 0 amide bonds. The fourth-order valence-electron chi connectivity index (χ4n) is 4.12. The molecule has 0 saturated heterocycles. The molecule has 4 aromatic carbocycles. The fourth-order valence-corrected chi connectivity index (χ4v) is 4.12. The first-order valence-electron chi connectivity index (χ1n) is 9.78. The summed E-state index contributed by atoms with van der Waals surface area (Å²) in [6.07, 6.45) is 0.915. The Kier molecular flexibility index (Phi) is 4.28. The van der Waals surface area contributed by atoms with Crippen molar-refractivity contribution < 1.29 is 0 Å². The second kappa shape index (κ2) is 7.24. The lowest BCUT2D eigenvalue weighted by Crippen LogP contribution is -2.18. The van der Waals surface area contributed by atoms with Gasteiger partial charge in [0.1, 0.15) is 0 Å². The highest BCUT2D eigenvalue weighted by Crippen LogP contribution is 2.44. The van der Waals surface area contributed by atoms with E-state index in [2.05, 4.69) is 77.7 Å². The molecule has 1 heterocycles. The summed E-state index contributed by atoms with van der Waals surface area (Å²) in [6.45, 7) is 0. The molecule has 0 fully saturated rings. The maximum absolute atomic E-state index is 9.34. The van der Waals surface area contributed by atoms with Gasteiger partial charge in [0.05, 0.1) is 23.3 Å². The minimum absolute atomic E-state index is 0.489. The zero-order chi connectivity index (χ0) is 20.5. The van der Waals surface area contributed by atoms with Crippen LogP contribution >= 0.6 is 0 Å². The third-order valence-corrected chi connectivity index (χ3v) is 5.47. The third kappa shape index (κ3) is 3.00. The first kappa shape index (κ1) is 17.7. The van der Waals surface area contributed by atoms with Gasteiger partial charge < -0.3 is 4.90 Å². The molecule has 0 radical (unpaired) electrons. The normalized spacial score (nSPS) is 11.7. The zero-order valence-corrected chi connectivity index (χ0v) is 16.2. The number of nitrogens with zero attached hydrogens (tertiary/aromatic N) is 3. The second-order valence-corrected chi connectivity index (χ2v) is 7.34. The molecule has 3 nitrogen and oxygen atoms in total. The van der Waals surface area contributed by atoms with Crippen molar-refractivity contribution in [2.75, 3.05) is 4.90 Å². The summed E-state index contributed by atoms with van der Waals surface area (Å²) < 4.78 is 0. The molecule has 1 aliphatic heterocycles. The van der Waals surface area contributed by atoms with E-state index in [0.29, 0.717) is 11.1 Å². The maximum atomic E-state index is 9.34. The molecule has 0 aromatic heterocycles. The standard InChI is InChI=1S/C27H17N3/c28-17-19-12-20(18-29)14-24(13-19)21-8-5-9-25(16-21)30-26-10-3-1-6-22(26)15-23-7-2-4-11-27(23)30/h1-14,16H,15H2. The van der Waals surface area contributed by atoms with Gasteiger partial charge in [0.2, 0.25) is 0 Å². The largest absolute Gasteiger partial charge is 0.310 e. The molecule has 140 valence electrons. The second-order valence-electron chi connectivity index (χ2n) is 7.34. The Balaban J connectivity index is 1.68. The molecular formula is C27H17N3. The molecule has 0 aliphatic carbocycles. The van der Waals surface area contributed by atoms with Crippen LogP contribution in [0.3, 0.4) is 0 Å². The van der Waals surface area contributed by atoms with Gasteiger partial charge in [-0.25, -0.2) is 0 Å². The number of fused-ring (bicyclic) bond motifs is 2. The molecule has 0 saturated carbocycles. The van der Waals surface area contributed by atoms with E-state index in [4.69, 9.17) is 0 Å². The average Bonchev–Trinajstić information content (AvgIpc) is 2.82. The Labute approximate surface area is 175 Å². The summed E-state index contributed by atoms with van der Waals surface area (Å²) in [7, 11) is 0. The lowest BCUT2D eigenvalue weighted by Gasteiger charge is -2.33. The zero-order valence-electron chi connectivity index (χ0n) is 16.2. The van der Waals surface area contributed by atoms with E-state index in [1.807, 2.05) is 24.3 Å². The summed E-state index contributed by atoms with van der Waals surface area (Å²) >= 11 is 0. The smallest absolute Gasteiger partial charge is 0.0992 e. The molecule has 0 atom stereocenters. The predicted molar refractivity (Wildman–Crippen MR) is 119 cm³/mol. The number of benzene rings is 4. The highest BCUT2D eigenvalue weighted by molar-refractivity contribution is 5.85. The topological polar surface area (TPSA) is 50.8 Å². The van der Waals surface area contributed by atoms with Crippen LogP contribution in [0, 0.1) is 22.7 Å². The fraction of sp³-hybridized carbons (Fsp3) is 0.0370. The molecule has 0 spiro atoms. The van der Waals surface area contributed by atoms with Gasteiger partial charge in [-0.15, -0.1) is 0 Å². The molecule has 0 bridgehead atoms. The maximum Gasteiger partial charge on any atom is 0.0992 e. The van der Waals surface area contributed by atoms with Gasteiger partial charge in [-0.3, -0.25) is 0 Å². The summed E-state index contributed by atoms with van der Waals surface area (Å²) in [5.74, 6) is 0. The van der Waals surface area contributed by atoms with Crippen molar-refractivity contribution in [2.24, 2.45) is 0 Å². The van der Waals surface area contributed by atoms with Crippen molar-refractivity contribution in [2.45, 2.75) is 6.42 Å². The van der Waals surface area contributed by atoms with Crippen LogP contribution in [0.1, 0.15) is 22.3 Å². The summed E-state index contributed by atoms with van der Waals surface area (Å²) in [4.78, 5) is 2.29. The van der Waals surface area contributed by atoms with Gasteiger partial charge in [0.25, 0.3) is 0 Å². The molecule has 0 unspecified atom stereocenters. The van der Waals surface area contributed by atoms with Crippen LogP contribution in [0.4, 0.5) is 17.1 Å². The molecule has 30 heavy (non-hydrogen) atoms. The Morgan fingerprint density at radius 1 is 0.600 bits per heavy atom. The first-order chi connectivity index (χ1) is 14.8. The van der Waals surface area contributed by atoms with Crippen molar-refractivity contribution in [1.82, 2.24) is 0 Å². The van der Waals surface area contributed by atoms with E-state index in [0.717, 1.165) is 23.2 Å². The minimum atomic E-state index is 0.489. The van der Waals surface area contributed by atoms with Crippen molar-refractivity contribution >= 4 is 17.1 Å². The average molecular weight is 383 g/mol. The van der Waals surface area contributed by atoms with Crippen LogP contribution in [0.25, 0.3) is 11.1 Å². The van der Waals surface area contributed by atoms with Crippen molar-refractivity contribution in [1.29, 1.82) is 10.5 Å². The lowest BCUT2D eigenvalue weighted by molar-refractivity contribution is 1.09. The Hall–Kier alpha value is -4.34. The summed E-state index contributed by atoms with van der Waals surface area (Å²) in [5, 5.41) is 18.7. The SMILES string of the molecule is N#Cc1cc(C#N)cc(-c2cccc(N3c4ccccc4Cc4ccccc43)c2)c1. The Morgan fingerprint density at radius 3 is 1.80 bits per heavy atom. The predicted octanol–water partition coefficient (Wildman–Crippen LogP) is 6.47. The van der Waals surface area contributed by atoms with Crippen LogP contribution in [0.15, 0.2) is 91.0 Å². The van der Waals surface area contributed by atoms with Crippen LogP contribution in [-0.4, -0.2) is 0 Å². The van der Waals surface area contributed by atoms with Gasteiger partial charge >= 0.3 is 0 Å². The van der Waals surface area contributed by atoms with Gasteiger partial charge in [-0.1, -0.05) is 48.5 Å². The third-order valence-electron chi connectivity index (χ3n) is 5.47. The molecule has 4 aromatic rings. The van der Waals surface area contributed by atoms with Crippen LogP contribution < -0.4 is 4.90 Å². The van der Waals surface area contributed by atoms with Crippen LogP contribution in [-0.2, 0) is 6.42 Å². The minimum Gasteiger partial charge on any atom is -0.310 e. The van der Waals surface area contributed by atoms with Crippen molar-refractivity contribution in [3.63, 3.8) is 0 Å². The van der Waals surface area contributed by atoms with E-state index in [1.54, 1.807) is 6.07 Å². The quantitative estimate of drug-likeness (QED) is 0.351. The monoisotopic (exact) mass is 383 g/mol. The van der Waals surface area contributed by atoms with Crippen molar-refractivity contribution in [3.8, 4) is 23.3 Å². The van der Waals surface area contributed by atoms with Crippen LogP contribution in [0.2, 0.25) is 0 Å². The Morgan fingerprint density at radius 2 is 1.20 bits per heavy atom.